The highest BCUT2D eigenvalue weighted by Gasteiger charge is 2.36. The Labute approximate surface area is 110 Å². The molecule has 0 bridgehead atoms. The molecule has 6 heteroatoms. The van der Waals surface area contributed by atoms with Crippen molar-refractivity contribution in [3.63, 3.8) is 0 Å². The predicted molar refractivity (Wildman–Crippen MR) is 67.7 cm³/mol. The first-order chi connectivity index (χ1) is 9.02. The summed E-state index contributed by atoms with van der Waals surface area (Å²) in [5.41, 5.74) is 1.19. The smallest absolute Gasteiger partial charge is 0.324 e. The van der Waals surface area contributed by atoms with Gasteiger partial charge in [0.15, 0.2) is 0 Å². The first kappa shape index (κ1) is 12.9. The van der Waals surface area contributed by atoms with E-state index in [2.05, 4.69) is 0 Å². The van der Waals surface area contributed by atoms with E-state index in [0.29, 0.717) is 17.8 Å². The fourth-order valence-corrected chi connectivity index (χ4v) is 2.09. The quantitative estimate of drug-likeness (QED) is 0.885. The van der Waals surface area contributed by atoms with Gasteiger partial charge in [-0.05, 0) is 24.3 Å². The Balaban J connectivity index is 2.19. The summed E-state index contributed by atoms with van der Waals surface area (Å²) in [5.74, 6) is -0.925. The fraction of sp³-hybridized carbons (Fsp3) is 0.308. The number of likely N-dealkylation sites (N-methyl/N-ethyl adjacent to an activating group) is 1. The van der Waals surface area contributed by atoms with E-state index in [4.69, 9.17) is 10.4 Å². The van der Waals surface area contributed by atoms with Crippen LogP contribution in [0, 0.1) is 11.3 Å². The van der Waals surface area contributed by atoms with Crippen molar-refractivity contribution < 1.29 is 14.7 Å². The normalized spacial score (nSPS) is 18.5. The summed E-state index contributed by atoms with van der Waals surface area (Å²) in [6, 6.07) is 8.09. The van der Waals surface area contributed by atoms with Crippen molar-refractivity contribution in [2.45, 2.75) is 12.5 Å². The van der Waals surface area contributed by atoms with Crippen molar-refractivity contribution in [3.8, 4) is 6.07 Å². The first-order valence-electron chi connectivity index (χ1n) is 5.79. The number of benzene rings is 1. The van der Waals surface area contributed by atoms with E-state index in [1.165, 1.54) is 9.80 Å². The number of carbonyl (C=O) groups excluding carboxylic acids is 1. The molecule has 0 spiro atoms. The molecule has 1 saturated heterocycles. The van der Waals surface area contributed by atoms with Gasteiger partial charge in [0.1, 0.15) is 0 Å². The lowest BCUT2D eigenvalue weighted by molar-refractivity contribution is -0.137. The van der Waals surface area contributed by atoms with Crippen LogP contribution in [0.2, 0.25) is 0 Å². The summed E-state index contributed by atoms with van der Waals surface area (Å²) >= 11 is 0. The van der Waals surface area contributed by atoms with Crippen LogP contribution in [0.25, 0.3) is 0 Å². The number of nitrogens with zero attached hydrogens (tertiary/aromatic N) is 3. The Morgan fingerprint density at radius 3 is 2.63 bits per heavy atom. The molecular weight excluding hydrogens is 246 g/mol. The van der Waals surface area contributed by atoms with Crippen molar-refractivity contribution in [2.75, 3.05) is 18.5 Å². The van der Waals surface area contributed by atoms with Crippen LogP contribution in [0.1, 0.15) is 12.0 Å². The lowest BCUT2D eigenvalue weighted by atomic mass is 10.2. The highest BCUT2D eigenvalue weighted by Crippen LogP contribution is 2.24. The van der Waals surface area contributed by atoms with Crippen molar-refractivity contribution in [3.05, 3.63) is 29.8 Å². The Morgan fingerprint density at radius 1 is 1.47 bits per heavy atom. The zero-order valence-electron chi connectivity index (χ0n) is 10.4. The molecule has 0 aliphatic carbocycles. The van der Waals surface area contributed by atoms with Crippen LogP contribution >= 0.6 is 0 Å². The summed E-state index contributed by atoms with van der Waals surface area (Å²) in [6.45, 7) is 0.341. The number of hydrogen-bond acceptors (Lipinski definition) is 3. The molecule has 1 atom stereocenters. The van der Waals surface area contributed by atoms with Gasteiger partial charge < -0.3 is 10.0 Å². The van der Waals surface area contributed by atoms with Gasteiger partial charge in [-0.15, -0.1) is 0 Å². The molecule has 98 valence electrons. The Kier molecular flexibility index (Phi) is 3.38. The van der Waals surface area contributed by atoms with Crippen molar-refractivity contribution in [2.24, 2.45) is 0 Å². The van der Waals surface area contributed by atoms with Gasteiger partial charge in [-0.3, -0.25) is 9.69 Å². The number of anilines is 1. The Hall–Kier alpha value is -2.55. The monoisotopic (exact) mass is 259 g/mol. The maximum atomic E-state index is 12.0. The molecule has 2 amide bonds. The summed E-state index contributed by atoms with van der Waals surface area (Å²) < 4.78 is 0. The van der Waals surface area contributed by atoms with Crippen LogP contribution in [0.3, 0.4) is 0 Å². The van der Waals surface area contributed by atoms with E-state index >= 15 is 0 Å². The molecule has 1 aromatic rings. The number of carbonyl (C=O) groups is 2. The van der Waals surface area contributed by atoms with Crippen LogP contribution in [-0.2, 0) is 4.79 Å². The minimum absolute atomic E-state index is 0.0744. The molecule has 1 aliphatic rings. The van der Waals surface area contributed by atoms with Gasteiger partial charge >= 0.3 is 12.0 Å². The molecule has 0 aromatic heterocycles. The predicted octanol–water partition coefficient (Wildman–Crippen LogP) is 1.27. The maximum absolute atomic E-state index is 12.0. The topological polar surface area (TPSA) is 84.6 Å². The number of nitriles is 1. The summed E-state index contributed by atoms with van der Waals surface area (Å²) in [5, 5.41) is 17.5. The zero-order valence-corrected chi connectivity index (χ0v) is 10.4. The Bertz CT molecular complexity index is 547. The molecule has 0 saturated carbocycles. The number of carboxylic acids is 1. The number of rotatable bonds is 3. The largest absolute Gasteiger partial charge is 0.481 e. The number of amides is 2. The molecule has 1 aliphatic heterocycles. The van der Waals surface area contributed by atoms with E-state index in [0.717, 1.165) is 0 Å². The average molecular weight is 259 g/mol. The number of urea groups is 1. The maximum Gasteiger partial charge on any atom is 0.324 e. The lowest BCUT2D eigenvalue weighted by Crippen LogP contribution is -2.32. The standard InChI is InChI=1S/C13H13N3O3/c1-15-11(6-12(17)18)8-16(13(15)19)10-4-2-9(7-14)3-5-10/h2-5,11H,6,8H2,1H3,(H,17,18). The second-order valence-electron chi connectivity index (χ2n) is 4.41. The van der Waals surface area contributed by atoms with Crippen LogP contribution in [-0.4, -0.2) is 41.6 Å². The van der Waals surface area contributed by atoms with Gasteiger partial charge in [-0.1, -0.05) is 0 Å². The van der Waals surface area contributed by atoms with Gasteiger partial charge in [0.05, 0.1) is 24.1 Å². The molecule has 0 radical (unpaired) electrons. The fourth-order valence-electron chi connectivity index (χ4n) is 2.09. The van der Waals surface area contributed by atoms with E-state index in [-0.39, 0.29) is 18.5 Å². The van der Waals surface area contributed by atoms with E-state index in [1.807, 2.05) is 6.07 Å². The van der Waals surface area contributed by atoms with Crippen LogP contribution in [0.5, 0.6) is 0 Å². The number of aliphatic carboxylic acids is 1. The van der Waals surface area contributed by atoms with Crippen LogP contribution in [0.15, 0.2) is 24.3 Å². The lowest BCUT2D eigenvalue weighted by Gasteiger charge is -2.16. The van der Waals surface area contributed by atoms with Gasteiger partial charge in [0, 0.05) is 19.3 Å². The SMILES string of the molecule is CN1C(=O)N(c2ccc(C#N)cc2)CC1CC(=O)O. The molecule has 2 rings (SSSR count). The van der Waals surface area contributed by atoms with E-state index in [9.17, 15) is 9.59 Å². The number of carboxylic acid groups (broad SMARTS) is 1. The minimum atomic E-state index is -0.925. The third-order valence-electron chi connectivity index (χ3n) is 3.19. The third-order valence-corrected chi connectivity index (χ3v) is 3.19. The summed E-state index contributed by atoms with van der Waals surface area (Å²) in [4.78, 5) is 25.7. The Morgan fingerprint density at radius 2 is 2.11 bits per heavy atom. The second kappa shape index (κ2) is 4.98. The highest BCUT2D eigenvalue weighted by molar-refractivity contribution is 5.95. The highest BCUT2D eigenvalue weighted by atomic mass is 16.4. The molecule has 1 unspecified atom stereocenters. The van der Waals surface area contributed by atoms with E-state index < -0.39 is 5.97 Å². The average Bonchev–Trinajstić information content (AvgIpc) is 2.67. The van der Waals surface area contributed by atoms with E-state index in [1.54, 1.807) is 31.3 Å². The molecule has 1 heterocycles. The third kappa shape index (κ3) is 2.50. The molecule has 1 N–H and O–H groups in total. The van der Waals surface area contributed by atoms with Gasteiger partial charge in [0.25, 0.3) is 0 Å². The molecule has 1 aromatic carbocycles. The first-order valence-corrected chi connectivity index (χ1v) is 5.79. The summed E-state index contributed by atoms with van der Waals surface area (Å²) in [6.07, 6.45) is -0.0744. The minimum Gasteiger partial charge on any atom is -0.481 e. The van der Waals surface area contributed by atoms with Crippen molar-refractivity contribution in [1.82, 2.24) is 4.90 Å². The van der Waals surface area contributed by atoms with Gasteiger partial charge in [-0.25, -0.2) is 4.79 Å². The van der Waals surface area contributed by atoms with Crippen LogP contribution < -0.4 is 4.90 Å². The van der Waals surface area contributed by atoms with Gasteiger partial charge in [0.2, 0.25) is 0 Å². The molecule has 1 fully saturated rings. The number of hydrogen-bond donors (Lipinski definition) is 1. The molecule has 6 nitrogen and oxygen atoms in total. The van der Waals surface area contributed by atoms with Gasteiger partial charge in [-0.2, -0.15) is 5.26 Å². The van der Waals surface area contributed by atoms with Crippen molar-refractivity contribution >= 4 is 17.7 Å². The molecule has 19 heavy (non-hydrogen) atoms. The zero-order chi connectivity index (χ0) is 14.0. The van der Waals surface area contributed by atoms with Crippen LogP contribution in [0.4, 0.5) is 10.5 Å². The van der Waals surface area contributed by atoms with Crippen molar-refractivity contribution in [1.29, 1.82) is 5.26 Å². The molecular formula is C13H13N3O3. The second-order valence-corrected chi connectivity index (χ2v) is 4.41. The summed E-state index contributed by atoms with van der Waals surface area (Å²) in [7, 11) is 1.60.